The van der Waals surface area contributed by atoms with Crippen LogP contribution in [-0.4, -0.2) is 17.6 Å². The van der Waals surface area contributed by atoms with E-state index in [1.807, 2.05) is 11.8 Å². The highest BCUT2D eigenvalue weighted by molar-refractivity contribution is 5.48. The maximum absolute atomic E-state index is 13.7. The summed E-state index contributed by atoms with van der Waals surface area (Å²) >= 11 is 0. The van der Waals surface area contributed by atoms with Crippen LogP contribution >= 0.6 is 0 Å². The number of nitrogens with two attached hydrogens (primary N) is 1. The third kappa shape index (κ3) is 2.33. The van der Waals surface area contributed by atoms with Gasteiger partial charge < -0.3 is 10.6 Å². The lowest BCUT2D eigenvalue weighted by Gasteiger charge is -2.29. The molecule has 0 bridgehead atoms. The van der Waals surface area contributed by atoms with E-state index >= 15 is 0 Å². The summed E-state index contributed by atoms with van der Waals surface area (Å²) in [5.74, 6) is -1.49. The Bertz CT molecular complexity index is 403. The molecule has 0 amide bonds. The van der Waals surface area contributed by atoms with Crippen LogP contribution in [0.2, 0.25) is 0 Å². The fraction of sp³-hybridized carbons (Fsp3) is 0.583. The van der Waals surface area contributed by atoms with Crippen molar-refractivity contribution in [3.63, 3.8) is 0 Å². The van der Waals surface area contributed by atoms with Crippen molar-refractivity contribution in [3.05, 3.63) is 17.7 Å². The number of rotatable bonds is 3. The first-order chi connectivity index (χ1) is 8.13. The number of halogens is 2. The SMILES string of the molecule is CCN(c1nc(N)c(F)cc1F)C1CCCC1. The van der Waals surface area contributed by atoms with Crippen molar-refractivity contribution in [1.82, 2.24) is 4.98 Å². The molecule has 0 unspecified atom stereocenters. The molecule has 1 fully saturated rings. The number of pyridine rings is 1. The summed E-state index contributed by atoms with van der Waals surface area (Å²) in [5, 5.41) is 0. The van der Waals surface area contributed by atoms with Gasteiger partial charge >= 0.3 is 0 Å². The van der Waals surface area contributed by atoms with Crippen LogP contribution in [0.5, 0.6) is 0 Å². The van der Waals surface area contributed by atoms with Crippen molar-refractivity contribution in [2.24, 2.45) is 0 Å². The number of hydrogen-bond donors (Lipinski definition) is 1. The molecule has 0 aliphatic heterocycles. The van der Waals surface area contributed by atoms with E-state index in [9.17, 15) is 8.78 Å². The zero-order valence-electron chi connectivity index (χ0n) is 9.92. The lowest BCUT2D eigenvalue weighted by Crippen LogP contribution is -2.34. The molecule has 2 N–H and O–H groups in total. The molecule has 0 aromatic carbocycles. The van der Waals surface area contributed by atoms with Gasteiger partial charge in [0.25, 0.3) is 0 Å². The Labute approximate surface area is 99.6 Å². The summed E-state index contributed by atoms with van der Waals surface area (Å²) in [6, 6.07) is 1.11. The zero-order chi connectivity index (χ0) is 12.4. The minimum atomic E-state index is -0.797. The van der Waals surface area contributed by atoms with Crippen LogP contribution in [0, 0.1) is 11.6 Å². The van der Waals surface area contributed by atoms with E-state index in [-0.39, 0.29) is 11.6 Å². The summed E-state index contributed by atoms with van der Waals surface area (Å²) in [6.45, 7) is 2.60. The van der Waals surface area contributed by atoms with Gasteiger partial charge in [-0.05, 0) is 19.8 Å². The molecule has 0 atom stereocenters. The van der Waals surface area contributed by atoms with Gasteiger partial charge in [0, 0.05) is 18.7 Å². The second kappa shape index (κ2) is 4.85. The second-order valence-electron chi connectivity index (χ2n) is 4.39. The van der Waals surface area contributed by atoms with E-state index in [4.69, 9.17) is 5.73 Å². The molecule has 0 spiro atoms. The minimum absolute atomic E-state index is 0.179. The first kappa shape index (κ1) is 12.1. The Morgan fingerprint density at radius 2 is 2.00 bits per heavy atom. The molecule has 1 aliphatic carbocycles. The Morgan fingerprint density at radius 3 is 2.59 bits per heavy atom. The summed E-state index contributed by atoms with van der Waals surface area (Å²) in [7, 11) is 0. The molecule has 1 aromatic heterocycles. The standard InChI is InChI=1S/C12H17F2N3/c1-2-17(8-5-3-4-6-8)12-10(14)7-9(13)11(15)16-12/h7-8H,2-6H2,1H3,(H2,15,16). The van der Waals surface area contributed by atoms with Gasteiger partial charge in [-0.15, -0.1) is 0 Å². The van der Waals surface area contributed by atoms with Crippen LogP contribution in [-0.2, 0) is 0 Å². The molecule has 1 aliphatic rings. The van der Waals surface area contributed by atoms with Crippen LogP contribution in [0.3, 0.4) is 0 Å². The smallest absolute Gasteiger partial charge is 0.168 e. The van der Waals surface area contributed by atoms with Crippen LogP contribution in [0.25, 0.3) is 0 Å². The fourth-order valence-corrected chi connectivity index (χ4v) is 2.47. The molecule has 3 nitrogen and oxygen atoms in total. The zero-order valence-corrected chi connectivity index (χ0v) is 9.92. The summed E-state index contributed by atoms with van der Waals surface area (Å²) < 4.78 is 26.8. The lowest BCUT2D eigenvalue weighted by atomic mass is 10.2. The Morgan fingerprint density at radius 1 is 1.35 bits per heavy atom. The Balaban J connectivity index is 2.32. The molecule has 17 heavy (non-hydrogen) atoms. The maximum Gasteiger partial charge on any atom is 0.168 e. The monoisotopic (exact) mass is 241 g/mol. The van der Waals surface area contributed by atoms with Gasteiger partial charge in [-0.25, -0.2) is 13.8 Å². The fourth-order valence-electron chi connectivity index (χ4n) is 2.47. The largest absolute Gasteiger partial charge is 0.381 e. The molecule has 0 radical (unpaired) electrons. The van der Waals surface area contributed by atoms with Crippen molar-refractivity contribution in [2.45, 2.75) is 38.6 Å². The molecule has 1 heterocycles. The summed E-state index contributed by atoms with van der Waals surface area (Å²) in [4.78, 5) is 5.73. The molecule has 5 heteroatoms. The highest BCUT2D eigenvalue weighted by Crippen LogP contribution is 2.29. The van der Waals surface area contributed by atoms with Crippen molar-refractivity contribution < 1.29 is 8.78 Å². The molecular weight excluding hydrogens is 224 g/mol. The van der Waals surface area contributed by atoms with Crippen molar-refractivity contribution in [3.8, 4) is 0 Å². The number of hydrogen-bond acceptors (Lipinski definition) is 3. The quantitative estimate of drug-likeness (QED) is 0.884. The Hall–Kier alpha value is -1.39. The van der Waals surface area contributed by atoms with E-state index < -0.39 is 11.6 Å². The average molecular weight is 241 g/mol. The molecule has 0 saturated heterocycles. The van der Waals surface area contributed by atoms with Gasteiger partial charge in [0.2, 0.25) is 0 Å². The normalized spacial score (nSPS) is 16.4. The van der Waals surface area contributed by atoms with E-state index in [0.29, 0.717) is 12.6 Å². The first-order valence-electron chi connectivity index (χ1n) is 6.01. The highest BCUT2D eigenvalue weighted by atomic mass is 19.1. The highest BCUT2D eigenvalue weighted by Gasteiger charge is 2.25. The molecule has 1 aromatic rings. The first-order valence-corrected chi connectivity index (χ1v) is 6.01. The van der Waals surface area contributed by atoms with Gasteiger partial charge in [-0.3, -0.25) is 0 Å². The number of nitrogens with zero attached hydrogens (tertiary/aromatic N) is 2. The van der Waals surface area contributed by atoms with E-state index in [2.05, 4.69) is 4.98 Å². The van der Waals surface area contributed by atoms with E-state index in [1.54, 1.807) is 0 Å². The van der Waals surface area contributed by atoms with Gasteiger partial charge in [0.05, 0.1) is 0 Å². The van der Waals surface area contributed by atoms with Crippen LogP contribution in [0.4, 0.5) is 20.4 Å². The molecule has 1 saturated carbocycles. The third-order valence-corrected chi connectivity index (χ3v) is 3.32. The second-order valence-corrected chi connectivity index (χ2v) is 4.39. The van der Waals surface area contributed by atoms with Crippen LogP contribution in [0.15, 0.2) is 6.07 Å². The number of nitrogen functional groups attached to an aromatic ring is 1. The van der Waals surface area contributed by atoms with E-state index in [1.165, 1.54) is 0 Å². The van der Waals surface area contributed by atoms with Gasteiger partial charge in [0.15, 0.2) is 23.3 Å². The summed E-state index contributed by atoms with van der Waals surface area (Å²) in [5.41, 5.74) is 5.40. The number of anilines is 2. The predicted molar refractivity (Wildman–Crippen MR) is 63.8 cm³/mol. The van der Waals surface area contributed by atoms with Gasteiger partial charge in [-0.1, -0.05) is 12.8 Å². The van der Waals surface area contributed by atoms with Crippen molar-refractivity contribution in [1.29, 1.82) is 0 Å². The third-order valence-electron chi connectivity index (χ3n) is 3.32. The summed E-state index contributed by atoms with van der Waals surface area (Å²) in [6.07, 6.45) is 4.37. The molecule has 94 valence electrons. The van der Waals surface area contributed by atoms with Crippen molar-refractivity contribution >= 4 is 11.6 Å². The van der Waals surface area contributed by atoms with Crippen LogP contribution in [0.1, 0.15) is 32.6 Å². The Kier molecular flexibility index (Phi) is 3.45. The average Bonchev–Trinajstić information content (AvgIpc) is 2.80. The van der Waals surface area contributed by atoms with Crippen molar-refractivity contribution in [2.75, 3.05) is 17.2 Å². The molecular formula is C12H17F2N3. The lowest BCUT2D eigenvalue weighted by molar-refractivity contribution is 0.549. The van der Waals surface area contributed by atoms with Gasteiger partial charge in [0.1, 0.15) is 0 Å². The maximum atomic E-state index is 13.7. The van der Waals surface area contributed by atoms with E-state index in [0.717, 1.165) is 31.7 Å². The molecule has 2 rings (SSSR count). The topological polar surface area (TPSA) is 42.2 Å². The van der Waals surface area contributed by atoms with Crippen LogP contribution < -0.4 is 10.6 Å². The number of aromatic nitrogens is 1. The minimum Gasteiger partial charge on any atom is -0.381 e. The predicted octanol–water partition coefficient (Wildman–Crippen LogP) is 2.71. The van der Waals surface area contributed by atoms with Gasteiger partial charge in [-0.2, -0.15) is 0 Å².